The molecule has 1 aliphatic heterocycles. The average molecular weight is 274 g/mol. The fourth-order valence-electron chi connectivity index (χ4n) is 2.68. The first-order chi connectivity index (χ1) is 9.39. The highest BCUT2D eigenvalue weighted by atomic mass is 16.2. The van der Waals surface area contributed by atoms with E-state index in [9.17, 15) is 4.79 Å². The fourth-order valence-corrected chi connectivity index (χ4v) is 2.68. The maximum absolute atomic E-state index is 12.5. The molecule has 110 valence electrons. The van der Waals surface area contributed by atoms with Crippen molar-refractivity contribution >= 4 is 5.91 Å². The first-order valence-corrected chi connectivity index (χ1v) is 7.48. The van der Waals surface area contributed by atoms with Crippen LogP contribution < -0.4 is 5.32 Å². The highest BCUT2D eigenvalue weighted by Gasteiger charge is 2.23. The number of amides is 1. The standard InChI is InChI=1S/C17H26N2O/c1-17(2,3)14-7-5-13(6-8-14)16(20)19(4)15-9-11-18-12-10-15/h5-8,15,18H,9-12H2,1-4H3. The zero-order valence-electron chi connectivity index (χ0n) is 13.1. The minimum absolute atomic E-state index is 0.127. The van der Waals surface area contributed by atoms with E-state index in [1.165, 1.54) is 5.56 Å². The molecule has 1 aliphatic rings. The van der Waals surface area contributed by atoms with Crippen LogP contribution in [-0.2, 0) is 5.41 Å². The van der Waals surface area contributed by atoms with Crippen molar-refractivity contribution in [2.24, 2.45) is 0 Å². The molecule has 0 spiro atoms. The Kier molecular flexibility index (Phi) is 4.48. The molecule has 0 atom stereocenters. The van der Waals surface area contributed by atoms with E-state index in [0.717, 1.165) is 31.5 Å². The van der Waals surface area contributed by atoms with Crippen molar-refractivity contribution in [3.8, 4) is 0 Å². The van der Waals surface area contributed by atoms with Crippen LogP contribution in [0.25, 0.3) is 0 Å². The third-order valence-corrected chi connectivity index (χ3v) is 4.17. The van der Waals surface area contributed by atoms with Crippen LogP contribution in [0, 0.1) is 0 Å². The first-order valence-electron chi connectivity index (χ1n) is 7.48. The lowest BCUT2D eigenvalue weighted by atomic mass is 9.86. The molecule has 3 nitrogen and oxygen atoms in total. The lowest BCUT2D eigenvalue weighted by Gasteiger charge is -2.31. The Morgan fingerprint density at radius 3 is 2.20 bits per heavy atom. The number of piperidine rings is 1. The molecular weight excluding hydrogens is 248 g/mol. The highest BCUT2D eigenvalue weighted by molar-refractivity contribution is 5.94. The molecule has 1 aromatic carbocycles. The van der Waals surface area contributed by atoms with Gasteiger partial charge in [0.25, 0.3) is 5.91 Å². The van der Waals surface area contributed by atoms with Crippen LogP contribution in [0.1, 0.15) is 49.5 Å². The summed E-state index contributed by atoms with van der Waals surface area (Å²) in [5, 5.41) is 3.33. The molecule has 2 rings (SSSR count). The first kappa shape index (κ1) is 15.0. The van der Waals surface area contributed by atoms with Gasteiger partial charge in [-0.15, -0.1) is 0 Å². The zero-order chi connectivity index (χ0) is 14.8. The molecule has 0 unspecified atom stereocenters. The van der Waals surface area contributed by atoms with Gasteiger partial charge in [-0.25, -0.2) is 0 Å². The van der Waals surface area contributed by atoms with E-state index in [1.54, 1.807) is 0 Å². The van der Waals surface area contributed by atoms with Gasteiger partial charge in [0.15, 0.2) is 0 Å². The van der Waals surface area contributed by atoms with Crippen LogP contribution >= 0.6 is 0 Å². The van der Waals surface area contributed by atoms with Gasteiger partial charge in [-0.1, -0.05) is 32.9 Å². The van der Waals surface area contributed by atoms with Crippen molar-refractivity contribution < 1.29 is 4.79 Å². The van der Waals surface area contributed by atoms with Crippen molar-refractivity contribution in [1.82, 2.24) is 10.2 Å². The smallest absolute Gasteiger partial charge is 0.253 e. The van der Waals surface area contributed by atoms with Gasteiger partial charge in [0, 0.05) is 18.7 Å². The summed E-state index contributed by atoms with van der Waals surface area (Å²) >= 11 is 0. The van der Waals surface area contributed by atoms with Crippen LogP contribution in [0.3, 0.4) is 0 Å². The lowest BCUT2D eigenvalue weighted by Crippen LogP contribution is -2.43. The van der Waals surface area contributed by atoms with Crippen LogP contribution in [0.2, 0.25) is 0 Å². The molecule has 1 heterocycles. The second-order valence-electron chi connectivity index (χ2n) is 6.72. The Morgan fingerprint density at radius 2 is 1.70 bits per heavy atom. The van der Waals surface area contributed by atoms with Crippen LogP contribution in [-0.4, -0.2) is 37.0 Å². The molecule has 1 saturated heterocycles. The van der Waals surface area contributed by atoms with E-state index in [4.69, 9.17) is 0 Å². The molecule has 1 N–H and O–H groups in total. The number of rotatable bonds is 2. The Morgan fingerprint density at radius 1 is 1.15 bits per heavy atom. The Bertz CT molecular complexity index is 453. The van der Waals surface area contributed by atoms with Crippen LogP contribution in [0.15, 0.2) is 24.3 Å². The second-order valence-corrected chi connectivity index (χ2v) is 6.72. The quantitative estimate of drug-likeness (QED) is 0.899. The fraction of sp³-hybridized carbons (Fsp3) is 0.588. The van der Waals surface area contributed by atoms with Crippen molar-refractivity contribution in [1.29, 1.82) is 0 Å². The van der Waals surface area contributed by atoms with Crippen molar-refractivity contribution in [3.05, 3.63) is 35.4 Å². The SMILES string of the molecule is CN(C(=O)c1ccc(C(C)(C)C)cc1)C1CCNCC1. The van der Waals surface area contributed by atoms with Gasteiger partial charge in [-0.05, 0) is 49.0 Å². The number of hydrogen-bond donors (Lipinski definition) is 1. The minimum atomic E-state index is 0.127. The van der Waals surface area contributed by atoms with Gasteiger partial charge < -0.3 is 10.2 Å². The second kappa shape index (κ2) is 5.96. The third-order valence-electron chi connectivity index (χ3n) is 4.17. The molecule has 0 aromatic heterocycles. The number of benzene rings is 1. The summed E-state index contributed by atoms with van der Waals surface area (Å²) in [4.78, 5) is 14.4. The molecule has 20 heavy (non-hydrogen) atoms. The Hall–Kier alpha value is -1.35. The molecule has 0 saturated carbocycles. The summed E-state index contributed by atoms with van der Waals surface area (Å²) in [6.45, 7) is 8.57. The third kappa shape index (κ3) is 3.40. The average Bonchev–Trinajstić information content (AvgIpc) is 2.46. The predicted octanol–water partition coefficient (Wildman–Crippen LogP) is 2.81. The van der Waals surface area contributed by atoms with E-state index in [-0.39, 0.29) is 11.3 Å². The molecular formula is C17H26N2O. The summed E-state index contributed by atoms with van der Waals surface area (Å²) in [7, 11) is 1.93. The van der Waals surface area contributed by atoms with Gasteiger partial charge in [0.1, 0.15) is 0 Å². The monoisotopic (exact) mass is 274 g/mol. The summed E-state index contributed by atoms with van der Waals surface area (Å²) < 4.78 is 0. The molecule has 0 radical (unpaired) electrons. The van der Waals surface area contributed by atoms with E-state index in [1.807, 2.05) is 24.1 Å². The number of nitrogens with zero attached hydrogens (tertiary/aromatic N) is 1. The number of carbonyl (C=O) groups is 1. The van der Waals surface area contributed by atoms with Crippen LogP contribution in [0.5, 0.6) is 0 Å². The van der Waals surface area contributed by atoms with E-state index in [2.05, 4.69) is 38.2 Å². The van der Waals surface area contributed by atoms with Crippen molar-refractivity contribution in [2.75, 3.05) is 20.1 Å². The normalized spacial score (nSPS) is 17.0. The van der Waals surface area contributed by atoms with E-state index in [0.29, 0.717) is 6.04 Å². The summed E-state index contributed by atoms with van der Waals surface area (Å²) in [5.41, 5.74) is 2.18. The van der Waals surface area contributed by atoms with Crippen LogP contribution in [0.4, 0.5) is 0 Å². The summed E-state index contributed by atoms with van der Waals surface area (Å²) in [6, 6.07) is 8.43. The summed E-state index contributed by atoms with van der Waals surface area (Å²) in [6.07, 6.45) is 2.09. The molecule has 1 aromatic rings. The van der Waals surface area contributed by atoms with Crippen molar-refractivity contribution in [2.45, 2.75) is 45.1 Å². The number of nitrogens with one attached hydrogen (secondary N) is 1. The zero-order valence-corrected chi connectivity index (χ0v) is 13.1. The van der Waals surface area contributed by atoms with E-state index < -0.39 is 0 Å². The van der Waals surface area contributed by atoms with Gasteiger partial charge in [0.2, 0.25) is 0 Å². The molecule has 3 heteroatoms. The van der Waals surface area contributed by atoms with Gasteiger partial charge in [-0.2, -0.15) is 0 Å². The number of carbonyl (C=O) groups excluding carboxylic acids is 1. The van der Waals surface area contributed by atoms with Gasteiger partial charge in [-0.3, -0.25) is 4.79 Å². The largest absolute Gasteiger partial charge is 0.339 e. The topological polar surface area (TPSA) is 32.3 Å². The highest BCUT2D eigenvalue weighted by Crippen LogP contribution is 2.23. The summed E-state index contributed by atoms with van der Waals surface area (Å²) in [5.74, 6) is 0.136. The van der Waals surface area contributed by atoms with Gasteiger partial charge >= 0.3 is 0 Å². The minimum Gasteiger partial charge on any atom is -0.339 e. The molecule has 1 amide bonds. The molecule has 0 aliphatic carbocycles. The Balaban J connectivity index is 2.08. The van der Waals surface area contributed by atoms with E-state index >= 15 is 0 Å². The van der Waals surface area contributed by atoms with Gasteiger partial charge in [0.05, 0.1) is 0 Å². The lowest BCUT2D eigenvalue weighted by molar-refractivity contribution is 0.0703. The van der Waals surface area contributed by atoms with Crippen molar-refractivity contribution in [3.63, 3.8) is 0 Å². The predicted molar refractivity (Wildman–Crippen MR) is 83.1 cm³/mol. The molecule has 0 bridgehead atoms. The maximum Gasteiger partial charge on any atom is 0.253 e. The molecule has 1 fully saturated rings. The number of hydrogen-bond acceptors (Lipinski definition) is 2. The maximum atomic E-state index is 12.5. The Labute approximate surface area is 122 Å².